The van der Waals surface area contributed by atoms with Crippen LogP contribution in [0.2, 0.25) is 0 Å². The van der Waals surface area contributed by atoms with E-state index in [1.165, 1.54) is 12.1 Å². The molecule has 328 valence electrons. The third-order valence-corrected chi connectivity index (χ3v) is 11.9. The highest BCUT2D eigenvalue weighted by atomic mass is 32.2. The number of nitroso groups, excluding NO2 is 1. The molecule has 6 rings (SSSR count). The Labute approximate surface area is 363 Å². The Bertz CT molecular complexity index is 3340. The molecular formula is C38H28N8O14S4. The van der Waals surface area contributed by atoms with Gasteiger partial charge in [0, 0.05) is 6.07 Å². The Kier molecular flexibility index (Phi) is 13.5. The summed E-state index contributed by atoms with van der Waals surface area (Å²) in [7, 11) is -20.4. The van der Waals surface area contributed by atoms with E-state index in [4.69, 9.17) is 0 Å². The van der Waals surface area contributed by atoms with Crippen LogP contribution < -0.4 is 5.17 Å². The molecule has 64 heavy (non-hydrogen) atoms. The molecule has 0 saturated carbocycles. The number of benzene rings is 4. The lowest BCUT2D eigenvalue weighted by Gasteiger charge is -2.27. The first-order valence-corrected chi connectivity index (χ1v) is 23.3. The summed E-state index contributed by atoms with van der Waals surface area (Å²) in [6, 6.07) is 22.6. The van der Waals surface area contributed by atoms with Crippen molar-refractivity contribution in [1.82, 2.24) is 0 Å². The monoisotopic (exact) mass is 948 g/mol. The number of hydrogen-bond donors (Lipinski definition) is 4. The minimum atomic E-state index is -5.13. The molecule has 0 saturated heterocycles. The summed E-state index contributed by atoms with van der Waals surface area (Å²) in [5.41, 5.74) is -2.32. The van der Waals surface area contributed by atoms with E-state index < -0.39 is 82.9 Å². The van der Waals surface area contributed by atoms with Crippen LogP contribution in [0, 0.1) is 10.1 Å². The third kappa shape index (κ3) is 11.9. The van der Waals surface area contributed by atoms with Crippen LogP contribution in [0.3, 0.4) is 0 Å². The van der Waals surface area contributed by atoms with Gasteiger partial charge in [-0.3, -0.25) is 18.2 Å². The molecule has 0 radical (unpaired) electrons. The highest BCUT2D eigenvalue weighted by molar-refractivity contribution is 7.90. The van der Waals surface area contributed by atoms with Crippen molar-refractivity contribution in [2.24, 2.45) is 30.7 Å². The maximum absolute atomic E-state index is 13.1. The van der Waals surface area contributed by atoms with Gasteiger partial charge in [0.15, 0.2) is 9.76 Å². The molecule has 2 aliphatic rings. The maximum atomic E-state index is 13.1. The van der Waals surface area contributed by atoms with Gasteiger partial charge in [0.2, 0.25) is 0 Å². The Balaban J connectivity index is 1.28. The lowest BCUT2D eigenvalue weighted by atomic mass is 10.0. The zero-order valence-corrected chi connectivity index (χ0v) is 35.2. The molecule has 4 aromatic rings. The van der Waals surface area contributed by atoms with Gasteiger partial charge in [-0.15, -0.1) is 0 Å². The Hall–Kier alpha value is -7.14. The summed E-state index contributed by atoms with van der Waals surface area (Å²) in [5.74, 6) is 0. The molecule has 0 atom stereocenters. The van der Waals surface area contributed by atoms with Gasteiger partial charge in [-0.25, -0.2) is 0 Å². The quantitative estimate of drug-likeness (QED) is 0.0432. The van der Waals surface area contributed by atoms with Crippen molar-refractivity contribution >= 4 is 86.0 Å². The van der Waals surface area contributed by atoms with Crippen LogP contribution in [0.5, 0.6) is 0 Å². The van der Waals surface area contributed by atoms with Crippen molar-refractivity contribution in [3.8, 4) is 0 Å². The van der Waals surface area contributed by atoms with Crippen LogP contribution in [0.4, 0.5) is 34.1 Å². The van der Waals surface area contributed by atoms with E-state index in [2.05, 4.69) is 30.7 Å². The predicted octanol–water partition coefficient (Wildman–Crippen LogP) is 7.67. The van der Waals surface area contributed by atoms with Gasteiger partial charge in [-0.05, 0) is 90.0 Å². The second-order valence-electron chi connectivity index (χ2n) is 12.8. The first kappa shape index (κ1) is 46.4. The molecule has 0 heterocycles. The lowest BCUT2D eigenvalue weighted by molar-refractivity contribution is -0.470. The molecule has 4 N–H and O–H groups in total. The molecule has 26 heteroatoms. The summed E-state index contributed by atoms with van der Waals surface area (Å²) in [4.78, 5) is 9.25. The lowest BCUT2D eigenvalue weighted by Crippen LogP contribution is -2.16. The first-order chi connectivity index (χ1) is 30.1. The molecule has 0 aromatic heterocycles. The highest BCUT2D eigenvalue weighted by Crippen LogP contribution is 2.33. The van der Waals surface area contributed by atoms with Crippen molar-refractivity contribution < 1.29 is 56.8 Å². The topological polar surface area (TPSA) is 338 Å². The number of allylic oxidation sites excluding steroid dienone is 10. The zero-order valence-electron chi connectivity index (χ0n) is 31.9. The zero-order chi connectivity index (χ0) is 46.5. The summed E-state index contributed by atoms with van der Waals surface area (Å²) < 4.78 is 139. The second kappa shape index (κ2) is 18.7. The van der Waals surface area contributed by atoms with Crippen LogP contribution in [0.25, 0.3) is 0 Å². The molecule has 0 amide bonds. The predicted molar refractivity (Wildman–Crippen MR) is 231 cm³/mol. The number of rotatable bonds is 13. The van der Waals surface area contributed by atoms with Crippen molar-refractivity contribution in [3.63, 3.8) is 0 Å². The fourth-order valence-electron chi connectivity index (χ4n) is 5.47. The number of anilines is 1. The summed E-state index contributed by atoms with van der Waals surface area (Å²) >= 11 is 0. The summed E-state index contributed by atoms with van der Waals surface area (Å²) in [5, 5.41) is 35.8. The van der Waals surface area contributed by atoms with E-state index >= 15 is 0 Å². The average molecular weight is 949 g/mol. The van der Waals surface area contributed by atoms with Crippen molar-refractivity contribution in [3.05, 3.63) is 177 Å². The van der Waals surface area contributed by atoms with Crippen molar-refractivity contribution in [2.45, 2.75) is 9.79 Å². The Morgan fingerprint density at radius 3 is 1.44 bits per heavy atom. The molecule has 0 unspecified atom stereocenters. The fraction of sp³-hybridized carbons (Fsp3) is 0. The van der Waals surface area contributed by atoms with Crippen molar-refractivity contribution in [1.29, 1.82) is 0 Å². The minimum Gasteiger partial charge on any atom is -0.737 e. The van der Waals surface area contributed by atoms with Crippen LogP contribution >= 0.6 is 0 Å². The smallest absolute Gasteiger partial charge is 0.316 e. The molecule has 2 aliphatic carbocycles. The number of nitrogens with zero attached hydrogens (tertiary/aromatic N) is 8. The highest BCUT2D eigenvalue weighted by Gasteiger charge is 2.30. The van der Waals surface area contributed by atoms with Crippen LogP contribution in [0.15, 0.2) is 207 Å². The normalized spacial score (nSPS) is 17.5. The molecule has 0 fully saturated rings. The molecule has 0 aliphatic heterocycles. The largest absolute Gasteiger partial charge is 0.737 e. The number of azo groups is 2. The van der Waals surface area contributed by atoms with E-state index in [1.807, 2.05) is 0 Å². The fourth-order valence-corrected chi connectivity index (χ4v) is 8.24. The van der Waals surface area contributed by atoms with Crippen LogP contribution in [-0.2, 0) is 40.5 Å². The van der Waals surface area contributed by atoms with Crippen molar-refractivity contribution in [2.75, 3.05) is 5.17 Å². The Morgan fingerprint density at radius 1 is 0.516 bits per heavy atom. The number of hydrogen-bond acceptors (Lipinski definition) is 16. The number of hydrazone groups is 2. The van der Waals surface area contributed by atoms with Crippen LogP contribution in [0.1, 0.15) is 0 Å². The van der Waals surface area contributed by atoms with Crippen LogP contribution in [-0.4, -0.2) is 68.2 Å². The van der Waals surface area contributed by atoms with Gasteiger partial charge in [0.1, 0.15) is 20.4 Å². The van der Waals surface area contributed by atoms with E-state index in [-0.39, 0.29) is 32.6 Å². The standard InChI is InChI=1S/C38H28N8O14S4/c47-45(33-19-17-29(21-37(33)63(55,56)57)41-39-27-7-3-1-4-8-27)43-31-15-13-25(35(23-31)61(49,50)51)11-12-26-14-16-32(24-36(26)62(52,53)54)44-46(48)34-20-18-30(22-38(34)64(58,59)60)42-40-28-9-5-2-6-10-28/h1-24H,(H,49,50,51)(H,52,53,54)(H,55,56,57)(H,58,59,60)/b25-11+,26-12+,41-39?,42-40?,43-31-,44-32+. The Morgan fingerprint density at radius 2 is 0.953 bits per heavy atom. The van der Waals surface area contributed by atoms with Gasteiger partial charge < -0.3 is 10.4 Å². The summed E-state index contributed by atoms with van der Waals surface area (Å²) in [6.07, 6.45) is 7.55. The van der Waals surface area contributed by atoms with E-state index in [1.54, 1.807) is 60.7 Å². The molecular weight excluding hydrogens is 921 g/mol. The first-order valence-electron chi connectivity index (χ1n) is 17.5. The molecule has 4 aromatic carbocycles. The van der Waals surface area contributed by atoms with Gasteiger partial charge in [0.05, 0.1) is 44.2 Å². The SMILES string of the molecule is O=[N+](/N=C1C=C/C(=C\C=C2C=C/C(=N/N([O-])c3ccc(N=Nc4ccccc4)cc3S(=O)(=O)O)C=C/2S(=O)(=O)O)C(S(=O)(=O)O)=C\1)c1ccc(N=Nc2ccccc2)cc1S(=O)(=O)O. The van der Waals surface area contributed by atoms with Gasteiger partial charge in [0.25, 0.3) is 30.4 Å². The van der Waals surface area contributed by atoms with Gasteiger partial charge in [-0.1, -0.05) is 60.7 Å². The second-order valence-corrected chi connectivity index (χ2v) is 18.4. The third-order valence-electron chi connectivity index (χ3n) is 8.33. The van der Waals surface area contributed by atoms with Gasteiger partial charge in [-0.2, -0.15) is 59.2 Å². The average Bonchev–Trinajstić information content (AvgIpc) is 3.24. The molecule has 0 bridgehead atoms. The maximum Gasteiger partial charge on any atom is 0.316 e. The minimum absolute atomic E-state index is 0.0774. The van der Waals surface area contributed by atoms with E-state index in [0.717, 1.165) is 60.7 Å². The van der Waals surface area contributed by atoms with E-state index in [9.17, 15) is 62.0 Å². The molecule has 22 nitrogen and oxygen atoms in total. The summed E-state index contributed by atoms with van der Waals surface area (Å²) in [6.45, 7) is 0. The van der Waals surface area contributed by atoms with E-state index in [0.29, 0.717) is 23.5 Å². The molecule has 0 spiro atoms. The van der Waals surface area contributed by atoms with Gasteiger partial charge >= 0.3 is 15.8 Å².